The molecule has 0 heterocycles. The van der Waals surface area contributed by atoms with Gasteiger partial charge in [-0.3, -0.25) is 4.79 Å². The third kappa shape index (κ3) is 5.25. The van der Waals surface area contributed by atoms with Gasteiger partial charge in [-0.1, -0.05) is 148 Å². The Labute approximate surface area is 267 Å². The third-order valence-electron chi connectivity index (χ3n) is 11.0. The molecule has 3 aliphatic carbocycles. The number of hydrogen-bond donors (Lipinski definition) is 0. The van der Waals surface area contributed by atoms with Crippen molar-refractivity contribution in [3.63, 3.8) is 0 Å². The van der Waals surface area contributed by atoms with Crippen LogP contribution in [-0.2, 0) is 0 Å². The molecule has 226 valence electrons. The summed E-state index contributed by atoms with van der Waals surface area (Å²) in [5.74, 6) is 4.67. The van der Waals surface area contributed by atoms with Crippen molar-refractivity contribution in [2.75, 3.05) is 0 Å². The van der Waals surface area contributed by atoms with Gasteiger partial charge in [0.25, 0.3) is 0 Å². The largest absolute Gasteiger partial charge is 0.294 e. The summed E-state index contributed by atoms with van der Waals surface area (Å²) in [4.78, 5) is 15.1. The first-order valence-corrected chi connectivity index (χ1v) is 22.2. The van der Waals surface area contributed by atoms with Gasteiger partial charge in [-0.2, -0.15) is 0 Å². The first-order chi connectivity index (χ1) is 20.9. The Kier molecular flexibility index (Phi) is 7.92. The molecule has 3 fully saturated rings. The van der Waals surface area contributed by atoms with Gasteiger partial charge in [0.05, 0.1) is 0 Å². The van der Waals surface area contributed by atoms with Crippen LogP contribution in [-0.4, -0.2) is 21.9 Å². The van der Waals surface area contributed by atoms with E-state index in [9.17, 15) is 0 Å². The van der Waals surface area contributed by atoms with E-state index in [1.807, 2.05) is 0 Å². The van der Waals surface area contributed by atoms with Crippen molar-refractivity contribution >= 4 is 43.1 Å². The number of hydrogen-bond acceptors (Lipinski definition) is 1. The average Bonchev–Trinajstić information content (AvgIpc) is 3.47. The summed E-state index contributed by atoms with van der Waals surface area (Å²) in [6.07, 6.45) is 5.08. The smallest absolute Gasteiger partial charge is 0.169 e. The molecule has 3 aliphatic rings. The molecule has 7 rings (SSSR count). The molecule has 0 aliphatic heterocycles. The summed E-state index contributed by atoms with van der Waals surface area (Å²) in [6, 6.07) is 38.7. The highest BCUT2D eigenvalue weighted by Crippen LogP contribution is 2.74. The van der Waals surface area contributed by atoms with Crippen molar-refractivity contribution in [1.29, 1.82) is 0 Å². The predicted molar refractivity (Wildman–Crippen MR) is 193 cm³/mol. The van der Waals surface area contributed by atoms with Crippen molar-refractivity contribution in [3.05, 3.63) is 109 Å². The summed E-state index contributed by atoms with van der Waals surface area (Å²) >= 11 is 0. The van der Waals surface area contributed by atoms with E-state index in [0.29, 0.717) is 11.7 Å². The molecule has 0 aromatic heterocycles. The molecule has 3 saturated carbocycles. The number of fused-ring (bicyclic) bond motifs is 2. The molecular formula is C41H48OSi2. The molecule has 1 atom stereocenters. The zero-order valence-electron chi connectivity index (χ0n) is 27.5. The van der Waals surface area contributed by atoms with E-state index in [-0.39, 0.29) is 15.9 Å². The highest BCUT2D eigenvalue weighted by Gasteiger charge is 2.71. The second-order valence-electron chi connectivity index (χ2n) is 15.8. The number of carbonyl (C=O) groups excluding carboxylic acids is 1. The summed E-state index contributed by atoms with van der Waals surface area (Å²) in [5.41, 5.74) is 4.14. The second kappa shape index (κ2) is 11.3. The molecule has 0 radical (unpaired) electrons. The number of carbonyl (C=O) groups is 1. The van der Waals surface area contributed by atoms with Gasteiger partial charge in [0, 0.05) is 17.4 Å². The number of benzene rings is 4. The van der Waals surface area contributed by atoms with Gasteiger partial charge in [-0.25, -0.2) is 0 Å². The molecule has 0 saturated heterocycles. The molecule has 44 heavy (non-hydrogen) atoms. The summed E-state index contributed by atoms with van der Waals surface area (Å²) in [6.45, 7) is 14.4. The summed E-state index contributed by atoms with van der Waals surface area (Å²) < 4.78 is 0. The van der Waals surface area contributed by atoms with Gasteiger partial charge in [0.1, 0.15) is 16.1 Å². The second-order valence-corrected chi connectivity index (χ2v) is 25.4. The van der Waals surface area contributed by atoms with Crippen LogP contribution in [0.4, 0.5) is 0 Å². The molecule has 4 aromatic rings. The quantitative estimate of drug-likeness (QED) is 0.110. The van der Waals surface area contributed by atoms with Crippen LogP contribution in [0, 0.1) is 28.2 Å². The Morgan fingerprint density at radius 2 is 1.34 bits per heavy atom. The lowest BCUT2D eigenvalue weighted by molar-refractivity contribution is 0.0315. The summed E-state index contributed by atoms with van der Waals surface area (Å²) in [7, 11) is -3.91. The van der Waals surface area contributed by atoms with Crippen LogP contribution in [0.5, 0.6) is 0 Å². The fourth-order valence-corrected chi connectivity index (χ4v) is 15.9. The summed E-state index contributed by atoms with van der Waals surface area (Å²) in [5, 5.41) is 5.38. The molecule has 4 aromatic carbocycles. The van der Waals surface area contributed by atoms with E-state index >= 15 is 4.79 Å². The maximum Gasteiger partial charge on any atom is 0.169 e. The van der Waals surface area contributed by atoms with Crippen LogP contribution in [0.1, 0.15) is 63.2 Å². The van der Waals surface area contributed by atoms with Crippen LogP contribution in [0.3, 0.4) is 0 Å². The number of Topliss-reactive ketones (excluding diaryl/α,β-unsaturated/α-hetero) is 1. The lowest BCUT2D eigenvalue weighted by Gasteiger charge is -2.54. The van der Waals surface area contributed by atoms with E-state index in [1.165, 1.54) is 15.8 Å². The average molecular weight is 613 g/mol. The first-order valence-electron chi connectivity index (χ1n) is 16.5. The van der Waals surface area contributed by atoms with E-state index in [2.05, 4.69) is 155 Å². The van der Waals surface area contributed by atoms with Gasteiger partial charge in [0.2, 0.25) is 0 Å². The van der Waals surface area contributed by atoms with Gasteiger partial charge < -0.3 is 0 Å². The SMILES string of the molecule is CC(C)(C)[Si](C[C@]1(CCC#C[Si](C)(C)C)CC2CC1(C(=O)c1ccc3ccccc3c1)C2)(c1ccccc1)c1ccccc1. The van der Waals surface area contributed by atoms with Crippen LogP contribution in [0.2, 0.25) is 30.7 Å². The standard InChI is InChI=1S/C41H48OSi2/c1-39(2,3)44(36-19-9-7-10-20-36,37-21-11-8-12-22-37)31-40(25-15-16-26-43(4,5)6)28-32-29-41(40,30-32)38(42)35-24-23-33-17-13-14-18-34(33)27-35/h7-14,17-24,27,32H,15,25,28-31H2,1-6H3/t32?,40-,41?/m0/s1. The van der Waals surface area contributed by atoms with Gasteiger partial charge in [-0.15, -0.1) is 11.5 Å². The van der Waals surface area contributed by atoms with Gasteiger partial charge in [0.15, 0.2) is 5.78 Å². The van der Waals surface area contributed by atoms with Crippen LogP contribution < -0.4 is 10.4 Å². The molecule has 0 unspecified atom stereocenters. The minimum atomic E-state index is -2.43. The fourth-order valence-electron chi connectivity index (χ4n) is 9.04. The monoisotopic (exact) mass is 612 g/mol. The van der Waals surface area contributed by atoms with Crippen molar-refractivity contribution in [2.24, 2.45) is 16.7 Å². The van der Waals surface area contributed by atoms with E-state index in [1.54, 1.807) is 0 Å². The van der Waals surface area contributed by atoms with Crippen LogP contribution in [0.15, 0.2) is 103 Å². The van der Waals surface area contributed by atoms with Crippen molar-refractivity contribution in [3.8, 4) is 11.5 Å². The molecule has 0 amide bonds. The van der Waals surface area contributed by atoms with Crippen molar-refractivity contribution in [1.82, 2.24) is 0 Å². The lowest BCUT2D eigenvalue weighted by Crippen LogP contribution is -2.67. The number of ketones is 1. The Balaban J connectivity index is 1.53. The minimum absolute atomic E-state index is 0.0485. The van der Waals surface area contributed by atoms with Crippen LogP contribution >= 0.6 is 0 Å². The Morgan fingerprint density at radius 1 is 0.773 bits per heavy atom. The number of rotatable bonds is 8. The first kappa shape index (κ1) is 30.8. The molecule has 1 nitrogen and oxygen atoms in total. The van der Waals surface area contributed by atoms with Gasteiger partial charge >= 0.3 is 0 Å². The Hall–Kier alpha value is -3.20. The third-order valence-corrected chi connectivity index (χ3v) is 18.4. The highest BCUT2D eigenvalue weighted by atomic mass is 28.3. The van der Waals surface area contributed by atoms with Crippen molar-refractivity contribution < 1.29 is 4.79 Å². The molecular weight excluding hydrogens is 565 g/mol. The lowest BCUT2D eigenvalue weighted by atomic mass is 9.56. The topological polar surface area (TPSA) is 17.1 Å². The molecule has 0 N–H and O–H groups in total. The highest BCUT2D eigenvalue weighted by molar-refractivity contribution is 7.04. The van der Waals surface area contributed by atoms with E-state index in [4.69, 9.17) is 0 Å². The Bertz CT molecular complexity index is 1670. The molecule has 2 bridgehead atoms. The van der Waals surface area contributed by atoms with Crippen molar-refractivity contribution in [2.45, 2.75) is 83.6 Å². The maximum absolute atomic E-state index is 15.1. The zero-order chi connectivity index (χ0) is 31.2. The predicted octanol–water partition coefficient (Wildman–Crippen LogP) is 9.53. The zero-order valence-corrected chi connectivity index (χ0v) is 29.5. The molecule has 0 spiro atoms. The maximum atomic E-state index is 15.1. The van der Waals surface area contributed by atoms with Gasteiger partial charge in [-0.05, 0) is 64.9 Å². The van der Waals surface area contributed by atoms with E-state index < -0.39 is 16.1 Å². The normalized spacial score (nSPS) is 23.1. The fraction of sp³-hybridized carbons (Fsp3) is 0.390. The Morgan fingerprint density at radius 3 is 1.91 bits per heavy atom. The van der Waals surface area contributed by atoms with Crippen LogP contribution in [0.25, 0.3) is 10.8 Å². The molecule has 3 heteroatoms. The minimum Gasteiger partial charge on any atom is -0.294 e. The van der Waals surface area contributed by atoms with E-state index in [0.717, 1.165) is 49.1 Å².